The Labute approximate surface area is 118 Å². The van der Waals surface area contributed by atoms with Crippen molar-refractivity contribution in [3.8, 4) is 0 Å². The number of rotatable bonds is 4. The first-order valence-electron chi connectivity index (χ1n) is 7.63. The standard InChI is InChI=1S/C15H31N3O/c1-5-16-14(17-10-6-9-15(2,3)4)18-11-7-13(19)8-12-18/h13,19H,5-12H2,1-4H3,(H,16,17). The van der Waals surface area contributed by atoms with Gasteiger partial charge in [-0.3, -0.25) is 4.99 Å². The first-order valence-corrected chi connectivity index (χ1v) is 7.63. The second kappa shape index (κ2) is 7.73. The molecule has 0 aromatic heterocycles. The lowest BCUT2D eigenvalue weighted by Crippen LogP contribution is -2.46. The van der Waals surface area contributed by atoms with E-state index in [1.807, 2.05) is 0 Å². The third-order valence-electron chi connectivity index (χ3n) is 3.45. The monoisotopic (exact) mass is 269 g/mol. The van der Waals surface area contributed by atoms with E-state index in [4.69, 9.17) is 4.99 Å². The van der Waals surface area contributed by atoms with Crippen LogP contribution in [0.4, 0.5) is 0 Å². The predicted molar refractivity (Wildman–Crippen MR) is 81.5 cm³/mol. The van der Waals surface area contributed by atoms with E-state index in [0.29, 0.717) is 5.41 Å². The molecular formula is C15H31N3O. The minimum atomic E-state index is -0.125. The van der Waals surface area contributed by atoms with Crippen molar-refractivity contribution in [2.24, 2.45) is 10.4 Å². The molecule has 1 saturated heterocycles. The van der Waals surface area contributed by atoms with Crippen LogP contribution in [0.25, 0.3) is 0 Å². The Morgan fingerprint density at radius 1 is 1.32 bits per heavy atom. The molecule has 4 nitrogen and oxygen atoms in total. The predicted octanol–water partition coefficient (Wildman–Crippen LogP) is 2.23. The largest absolute Gasteiger partial charge is 0.393 e. The Morgan fingerprint density at radius 2 is 1.95 bits per heavy atom. The van der Waals surface area contributed by atoms with Crippen LogP contribution in [-0.4, -0.2) is 48.2 Å². The average Bonchev–Trinajstić information content (AvgIpc) is 2.33. The molecule has 0 bridgehead atoms. The van der Waals surface area contributed by atoms with Gasteiger partial charge in [0.1, 0.15) is 0 Å². The number of likely N-dealkylation sites (tertiary alicyclic amines) is 1. The van der Waals surface area contributed by atoms with E-state index in [1.165, 1.54) is 6.42 Å². The van der Waals surface area contributed by atoms with E-state index in [1.54, 1.807) is 0 Å². The summed E-state index contributed by atoms with van der Waals surface area (Å²) in [7, 11) is 0. The van der Waals surface area contributed by atoms with E-state index in [2.05, 4.69) is 37.9 Å². The molecule has 1 aliphatic rings. The normalized spacial score (nSPS) is 18.8. The molecule has 4 heteroatoms. The Bertz CT molecular complexity index is 276. The SMILES string of the molecule is CCNC(=NCCCC(C)(C)C)N1CCC(O)CC1. The summed E-state index contributed by atoms with van der Waals surface area (Å²) >= 11 is 0. The van der Waals surface area contributed by atoms with Crippen LogP contribution in [0.15, 0.2) is 4.99 Å². The molecule has 0 unspecified atom stereocenters. The lowest BCUT2D eigenvalue weighted by atomic mass is 9.91. The van der Waals surface area contributed by atoms with Crippen LogP contribution in [0.1, 0.15) is 53.4 Å². The van der Waals surface area contributed by atoms with Crippen LogP contribution < -0.4 is 5.32 Å². The highest BCUT2D eigenvalue weighted by Gasteiger charge is 2.19. The zero-order valence-electron chi connectivity index (χ0n) is 13.1. The van der Waals surface area contributed by atoms with Crippen LogP contribution in [0.2, 0.25) is 0 Å². The number of aliphatic hydroxyl groups excluding tert-OH is 1. The number of guanidine groups is 1. The van der Waals surface area contributed by atoms with E-state index in [0.717, 1.165) is 51.4 Å². The summed E-state index contributed by atoms with van der Waals surface area (Å²) in [6, 6.07) is 0. The molecule has 0 spiro atoms. The highest BCUT2D eigenvalue weighted by Crippen LogP contribution is 2.20. The Hall–Kier alpha value is -0.770. The lowest BCUT2D eigenvalue weighted by molar-refractivity contribution is 0.108. The van der Waals surface area contributed by atoms with Crippen molar-refractivity contribution < 1.29 is 5.11 Å². The fraction of sp³-hybridized carbons (Fsp3) is 0.933. The first-order chi connectivity index (χ1) is 8.92. The lowest BCUT2D eigenvalue weighted by Gasteiger charge is -2.32. The van der Waals surface area contributed by atoms with Crippen molar-refractivity contribution in [1.29, 1.82) is 0 Å². The van der Waals surface area contributed by atoms with Crippen molar-refractivity contribution in [2.75, 3.05) is 26.2 Å². The Morgan fingerprint density at radius 3 is 2.47 bits per heavy atom. The molecule has 0 radical (unpaired) electrons. The van der Waals surface area contributed by atoms with Crippen molar-refractivity contribution in [3.05, 3.63) is 0 Å². The maximum Gasteiger partial charge on any atom is 0.193 e. The number of aliphatic hydroxyl groups is 1. The van der Waals surface area contributed by atoms with Gasteiger partial charge in [0.15, 0.2) is 5.96 Å². The van der Waals surface area contributed by atoms with E-state index in [9.17, 15) is 5.11 Å². The number of nitrogens with one attached hydrogen (secondary N) is 1. The number of piperidine rings is 1. The maximum absolute atomic E-state index is 9.56. The summed E-state index contributed by atoms with van der Waals surface area (Å²) in [5, 5.41) is 12.9. The van der Waals surface area contributed by atoms with Gasteiger partial charge >= 0.3 is 0 Å². The van der Waals surface area contributed by atoms with Gasteiger partial charge in [0.05, 0.1) is 6.10 Å². The molecule has 0 aromatic carbocycles. The van der Waals surface area contributed by atoms with Crippen LogP contribution in [0.3, 0.4) is 0 Å². The highest BCUT2D eigenvalue weighted by molar-refractivity contribution is 5.80. The number of hydrogen-bond donors (Lipinski definition) is 2. The first kappa shape index (κ1) is 16.3. The molecule has 0 aromatic rings. The van der Waals surface area contributed by atoms with Gasteiger partial charge in [-0.05, 0) is 38.0 Å². The molecule has 0 atom stereocenters. The van der Waals surface area contributed by atoms with E-state index >= 15 is 0 Å². The summed E-state index contributed by atoms with van der Waals surface area (Å²) in [5.74, 6) is 1.02. The van der Waals surface area contributed by atoms with Gasteiger partial charge in [0.25, 0.3) is 0 Å². The molecule has 1 heterocycles. The van der Waals surface area contributed by atoms with Crippen LogP contribution in [-0.2, 0) is 0 Å². The molecule has 0 aliphatic carbocycles. The van der Waals surface area contributed by atoms with Crippen molar-refractivity contribution in [1.82, 2.24) is 10.2 Å². The average molecular weight is 269 g/mol. The quantitative estimate of drug-likeness (QED) is 0.467. The van der Waals surface area contributed by atoms with Crippen molar-refractivity contribution in [2.45, 2.75) is 59.5 Å². The zero-order valence-corrected chi connectivity index (χ0v) is 13.1. The van der Waals surface area contributed by atoms with Crippen molar-refractivity contribution in [3.63, 3.8) is 0 Å². The molecule has 1 rings (SSSR count). The molecule has 1 fully saturated rings. The minimum Gasteiger partial charge on any atom is -0.393 e. The fourth-order valence-electron chi connectivity index (χ4n) is 2.30. The van der Waals surface area contributed by atoms with Gasteiger partial charge in [-0.2, -0.15) is 0 Å². The summed E-state index contributed by atoms with van der Waals surface area (Å²) in [6.07, 6.45) is 3.92. The van der Waals surface area contributed by atoms with Crippen molar-refractivity contribution >= 4 is 5.96 Å². The summed E-state index contributed by atoms with van der Waals surface area (Å²) in [5.41, 5.74) is 0.392. The van der Waals surface area contributed by atoms with Gasteiger partial charge in [0, 0.05) is 26.2 Å². The molecule has 0 saturated carbocycles. The fourth-order valence-corrected chi connectivity index (χ4v) is 2.30. The summed E-state index contributed by atoms with van der Waals surface area (Å²) in [4.78, 5) is 6.99. The molecule has 2 N–H and O–H groups in total. The Kier molecular flexibility index (Phi) is 6.63. The van der Waals surface area contributed by atoms with E-state index < -0.39 is 0 Å². The molecule has 0 amide bonds. The Balaban J connectivity index is 2.42. The van der Waals surface area contributed by atoms with E-state index in [-0.39, 0.29) is 6.10 Å². The molecular weight excluding hydrogens is 238 g/mol. The number of aliphatic imine (C=N–C) groups is 1. The number of nitrogens with zero attached hydrogens (tertiary/aromatic N) is 2. The summed E-state index contributed by atoms with van der Waals surface area (Å²) in [6.45, 7) is 12.5. The smallest absolute Gasteiger partial charge is 0.193 e. The maximum atomic E-state index is 9.56. The van der Waals surface area contributed by atoms with Crippen LogP contribution in [0.5, 0.6) is 0 Å². The van der Waals surface area contributed by atoms with Gasteiger partial charge in [-0.25, -0.2) is 0 Å². The molecule has 1 aliphatic heterocycles. The number of hydrogen-bond acceptors (Lipinski definition) is 2. The van der Waals surface area contributed by atoms with Gasteiger partial charge in [-0.1, -0.05) is 20.8 Å². The molecule has 112 valence electrons. The topological polar surface area (TPSA) is 47.9 Å². The van der Waals surface area contributed by atoms with Gasteiger partial charge in [-0.15, -0.1) is 0 Å². The van der Waals surface area contributed by atoms with Crippen LogP contribution >= 0.6 is 0 Å². The molecule has 19 heavy (non-hydrogen) atoms. The summed E-state index contributed by atoms with van der Waals surface area (Å²) < 4.78 is 0. The third kappa shape index (κ3) is 6.81. The highest BCUT2D eigenvalue weighted by atomic mass is 16.3. The minimum absolute atomic E-state index is 0.125. The zero-order chi connectivity index (χ0) is 14.3. The third-order valence-corrected chi connectivity index (χ3v) is 3.45. The second-order valence-electron chi connectivity index (χ2n) is 6.62. The van der Waals surface area contributed by atoms with Gasteiger partial charge in [0.2, 0.25) is 0 Å². The van der Waals surface area contributed by atoms with Gasteiger partial charge < -0.3 is 15.3 Å². The van der Waals surface area contributed by atoms with Crippen LogP contribution in [0, 0.1) is 5.41 Å². The second-order valence-corrected chi connectivity index (χ2v) is 6.62.